The molecule has 0 saturated carbocycles. The van der Waals surface area contributed by atoms with Crippen LogP contribution in [0.25, 0.3) is 0 Å². The van der Waals surface area contributed by atoms with Gasteiger partial charge in [-0.25, -0.2) is 4.79 Å². The first kappa shape index (κ1) is 24.0. The smallest absolute Gasteiger partial charge is 0.339 e. The van der Waals surface area contributed by atoms with E-state index < -0.39 is 5.97 Å². The maximum Gasteiger partial charge on any atom is 0.339 e. The predicted molar refractivity (Wildman–Crippen MR) is 119 cm³/mol. The number of piperazine rings is 1. The van der Waals surface area contributed by atoms with Gasteiger partial charge in [0.15, 0.2) is 5.78 Å². The van der Waals surface area contributed by atoms with Crippen LogP contribution in [0.4, 0.5) is 0 Å². The van der Waals surface area contributed by atoms with Crippen LogP contribution in [0.15, 0.2) is 0 Å². The Balaban J connectivity index is 1.57. The molecule has 2 saturated heterocycles. The van der Waals surface area contributed by atoms with Gasteiger partial charge in [-0.05, 0) is 25.3 Å². The molecular weight excluding hydrogens is 412 g/mol. The summed E-state index contributed by atoms with van der Waals surface area (Å²) < 4.78 is 4.85. The number of methoxy groups -OCH3 is 1. The van der Waals surface area contributed by atoms with E-state index in [1.165, 1.54) is 26.9 Å². The largest absolute Gasteiger partial charge is 0.465 e. The van der Waals surface area contributed by atoms with Gasteiger partial charge in [0.05, 0.1) is 31.3 Å². The number of H-pyrrole nitrogens is 1. The van der Waals surface area contributed by atoms with Crippen LogP contribution >= 0.6 is 0 Å². The fourth-order valence-corrected chi connectivity index (χ4v) is 4.55. The third-order valence-electron chi connectivity index (χ3n) is 6.44. The fraction of sp³-hybridized carbons (Fsp3) is 0.652. The number of aromatic amines is 1. The summed E-state index contributed by atoms with van der Waals surface area (Å²) in [7, 11) is 1.28. The SMILES string of the molecule is COC(=O)c1c(CC(=O)N2CCN(CC(=O)N3CCCCCC3)CC2)[nH]c(C(C)=O)c1C. The third kappa shape index (κ3) is 5.56. The molecule has 2 fully saturated rings. The van der Waals surface area contributed by atoms with E-state index in [-0.39, 0.29) is 29.6 Å². The number of Topliss-reactive ketones (excluding diaryl/α,β-unsaturated/α-hetero) is 1. The molecule has 0 spiro atoms. The Hall–Kier alpha value is -2.68. The van der Waals surface area contributed by atoms with Gasteiger partial charge in [-0.3, -0.25) is 19.3 Å². The summed E-state index contributed by atoms with van der Waals surface area (Å²) in [5.41, 5.74) is 1.49. The lowest BCUT2D eigenvalue weighted by atomic mass is 10.1. The highest BCUT2D eigenvalue weighted by Gasteiger charge is 2.28. The van der Waals surface area contributed by atoms with E-state index in [2.05, 4.69) is 9.88 Å². The minimum atomic E-state index is -0.564. The number of amides is 2. The molecule has 176 valence electrons. The molecule has 0 aromatic carbocycles. The number of carbonyl (C=O) groups is 4. The molecule has 1 aromatic heterocycles. The average molecular weight is 447 g/mol. The number of hydrogen-bond acceptors (Lipinski definition) is 6. The first-order valence-corrected chi connectivity index (χ1v) is 11.4. The predicted octanol–water partition coefficient (Wildman–Crippen LogP) is 1.40. The normalized spacial score (nSPS) is 17.7. The maximum atomic E-state index is 12.9. The minimum Gasteiger partial charge on any atom is -0.465 e. The van der Waals surface area contributed by atoms with Crippen LogP contribution in [0.2, 0.25) is 0 Å². The van der Waals surface area contributed by atoms with Crippen molar-refractivity contribution in [2.45, 2.75) is 46.0 Å². The Morgan fingerprint density at radius 1 is 0.875 bits per heavy atom. The molecule has 1 N–H and O–H groups in total. The lowest BCUT2D eigenvalue weighted by Crippen LogP contribution is -2.52. The Bertz CT molecular complexity index is 862. The second-order valence-electron chi connectivity index (χ2n) is 8.66. The van der Waals surface area contributed by atoms with Crippen LogP contribution in [-0.2, 0) is 20.7 Å². The van der Waals surface area contributed by atoms with Gasteiger partial charge in [0.1, 0.15) is 0 Å². The number of likely N-dealkylation sites (tertiary alicyclic amines) is 1. The zero-order valence-electron chi connectivity index (χ0n) is 19.4. The van der Waals surface area contributed by atoms with Crippen molar-refractivity contribution in [3.05, 3.63) is 22.5 Å². The average Bonchev–Trinajstić information content (AvgIpc) is 2.94. The number of nitrogens with zero attached hydrogens (tertiary/aromatic N) is 3. The zero-order chi connectivity index (χ0) is 23.3. The van der Waals surface area contributed by atoms with Crippen LogP contribution < -0.4 is 0 Å². The molecule has 0 atom stereocenters. The number of aromatic nitrogens is 1. The molecule has 0 aliphatic carbocycles. The number of ketones is 1. The van der Waals surface area contributed by atoms with E-state index in [4.69, 9.17) is 4.74 Å². The molecule has 0 unspecified atom stereocenters. The van der Waals surface area contributed by atoms with Gasteiger partial charge in [-0.15, -0.1) is 0 Å². The summed E-state index contributed by atoms with van der Waals surface area (Å²) in [6, 6.07) is 0. The summed E-state index contributed by atoms with van der Waals surface area (Å²) in [5, 5.41) is 0. The van der Waals surface area contributed by atoms with Crippen LogP contribution in [0.1, 0.15) is 64.7 Å². The lowest BCUT2D eigenvalue weighted by Gasteiger charge is -2.35. The number of carbonyl (C=O) groups excluding carboxylic acids is 4. The molecule has 9 nitrogen and oxygen atoms in total. The number of nitrogens with one attached hydrogen (secondary N) is 1. The molecule has 1 aromatic rings. The van der Waals surface area contributed by atoms with Gasteiger partial charge >= 0.3 is 5.97 Å². The molecule has 0 radical (unpaired) electrons. The van der Waals surface area contributed by atoms with Crippen molar-refractivity contribution in [1.29, 1.82) is 0 Å². The van der Waals surface area contributed by atoms with Crippen LogP contribution in [0.5, 0.6) is 0 Å². The summed E-state index contributed by atoms with van der Waals surface area (Å²) in [4.78, 5) is 58.4. The van der Waals surface area contributed by atoms with Crippen molar-refractivity contribution >= 4 is 23.6 Å². The number of esters is 1. The van der Waals surface area contributed by atoms with E-state index in [0.29, 0.717) is 49.7 Å². The van der Waals surface area contributed by atoms with Gasteiger partial charge in [0.25, 0.3) is 0 Å². The molecular formula is C23H34N4O5. The molecule has 32 heavy (non-hydrogen) atoms. The number of ether oxygens (including phenoxy) is 1. The molecule has 3 rings (SSSR count). The summed E-state index contributed by atoms with van der Waals surface area (Å²) in [6.45, 7) is 7.50. The Labute approximate surface area is 189 Å². The Kier molecular flexibility index (Phi) is 8.06. The highest BCUT2D eigenvalue weighted by atomic mass is 16.5. The van der Waals surface area contributed by atoms with Crippen molar-refractivity contribution in [1.82, 2.24) is 19.7 Å². The molecule has 9 heteroatoms. The molecule has 3 heterocycles. The Morgan fingerprint density at radius 3 is 2.03 bits per heavy atom. The van der Waals surface area contributed by atoms with E-state index in [0.717, 1.165) is 25.9 Å². The van der Waals surface area contributed by atoms with Crippen LogP contribution in [0.3, 0.4) is 0 Å². The first-order chi connectivity index (χ1) is 15.3. The van der Waals surface area contributed by atoms with Crippen LogP contribution in [0, 0.1) is 6.92 Å². The second-order valence-corrected chi connectivity index (χ2v) is 8.66. The first-order valence-electron chi connectivity index (χ1n) is 11.4. The van der Waals surface area contributed by atoms with Gasteiger partial charge in [0, 0.05) is 51.9 Å². The highest BCUT2D eigenvalue weighted by molar-refractivity contribution is 6.01. The second kappa shape index (κ2) is 10.8. The molecule has 2 amide bonds. The Morgan fingerprint density at radius 2 is 1.47 bits per heavy atom. The minimum absolute atomic E-state index is 0.00867. The highest BCUT2D eigenvalue weighted by Crippen LogP contribution is 2.21. The zero-order valence-corrected chi connectivity index (χ0v) is 19.4. The van der Waals surface area contributed by atoms with Crippen molar-refractivity contribution in [2.75, 3.05) is 52.9 Å². The van der Waals surface area contributed by atoms with E-state index in [9.17, 15) is 19.2 Å². The van der Waals surface area contributed by atoms with Crippen molar-refractivity contribution in [3.8, 4) is 0 Å². The van der Waals surface area contributed by atoms with Gasteiger partial charge in [-0.2, -0.15) is 0 Å². The van der Waals surface area contributed by atoms with E-state index in [1.807, 2.05) is 4.90 Å². The van der Waals surface area contributed by atoms with Crippen molar-refractivity contribution in [2.24, 2.45) is 0 Å². The molecule has 2 aliphatic rings. The van der Waals surface area contributed by atoms with E-state index in [1.54, 1.807) is 11.8 Å². The van der Waals surface area contributed by atoms with Gasteiger partial charge in [0.2, 0.25) is 11.8 Å². The summed E-state index contributed by atoms with van der Waals surface area (Å²) in [5.74, 6) is -0.710. The summed E-state index contributed by atoms with van der Waals surface area (Å²) in [6.07, 6.45) is 4.52. The summed E-state index contributed by atoms with van der Waals surface area (Å²) >= 11 is 0. The van der Waals surface area contributed by atoms with E-state index >= 15 is 0 Å². The van der Waals surface area contributed by atoms with Crippen LogP contribution in [-0.4, -0.2) is 96.2 Å². The number of hydrogen-bond donors (Lipinski definition) is 1. The topological polar surface area (TPSA) is 103 Å². The fourth-order valence-electron chi connectivity index (χ4n) is 4.55. The lowest BCUT2D eigenvalue weighted by molar-refractivity contribution is -0.134. The van der Waals surface area contributed by atoms with Gasteiger partial charge < -0.3 is 19.5 Å². The number of rotatable bonds is 6. The van der Waals surface area contributed by atoms with Crippen molar-refractivity contribution in [3.63, 3.8) is 0 Å². The standard InChI is InChI=1S/C23H34N4O5/c1-16-21(23(31)32-3)18(24-22(16)17(2)28)14-19(29)27-12-10-25(11-13-27)15-20(30)26-8-6-4-5-7-9-26/h24H,4-15H2,1-3H3. The third-order valence-corrected chi connectivity index (χ3v) is 6.44. The molecule has 2 aliphatic heterocycles. The quantitative estimate of drug-likeness (QED) is 0.523. The monoisotopic (exact) mass is 446 g/mol. The maximum absolute atomic E-state index is 12.9. The van der Waals surface area contributed by atoms with Gasteiger partial charge in [-0.1, -0.05) is 12.8 Å². The molecule has 0 bridgehead atoms. The van der Waals surface area contributed by atoms with Crippen molar-refractivity contribution < 1.29 is 23.9 Å².